The Morgan fingerprint density at radius 3 is 2.36 bits per heavy atom. The molecule has 0 atom stereocenters. The summed E-state index contributed by atoms with van der Waals surface area (Å²) in [5.74, 6) is 0.696. The second-order valence-electron chi connectivity index (χ2n) is 5.61. The summed E-state index contributed by atoms with van der Waals surface area (Å²) in [4.78, 5) is 30.1. The molecule has 0 unspecified atom stereocenters. The molecule has 132 valence electrons. The van der Waals surface area contributed by atoms with Gasteiger partial charge in [0.1, 0.15) is 5.75 Å². The molecular weight excluding hydrogens is 356 g/mol. The van der Waals surface area contributed by atoms with Crippen LogP contribution in [0.5, 0.6) is 5.75 Å². The molecule has 2 aromatic rings. The van der Waals surface area contributed by atoms with Gasteiger partial charge in [-0.25, -0.2) is 0 Å². The highest BCUT2D eigenvalue weighted by Crippen LogP contribution is 2.19. The molecule has 25 heavy (non-hydrogen) atoms. The Balaban J connectivity index is 1.45. The molecule has 2 amide bonds. The number of rotatable bonds is 5. The van der Waals surface area contributed by atoms with Gasteiger partial charge >= 0.3 is 0 Å². The Morgan fingerprint density at radius 2 is 1.76 bits per heavy atom. The fourth-order valence-corrected chi connectivity index (χ4v) is 3.72. The van der Waals surface area contributed by atoms with E-state index in [-0.39, 0.29) is 18.4 Å². The van der Waals surface area contributed by atoms with E-state index in [9.17, 15) is 9.59 Å². The first-order valence-electron chi connectivity index (χ1n) is 8.05. The van der Waals surface area contributed by atoms with Crippen molar-refractivity contribution < 1.29 is 14.3 Å². The molecule has 1 saturated heterocycles. The van der Waals surface area contributed by atoms with Gasteiger partial charge in [-0.15, -0.1) is 23.1 Å². The number of thiophene rings is 1. The molecule has 0 saturated carbocycles. The highest BCUT2D eigenvalue weighted by molar-refractivity contribution is 7.98. The first kappa shape index (κ1) is 17.8. The topological polar surface area (TPSA) is 49.9 Å². The Bertz CT molecular complexity index is 708. The van der Waals surface area contributed by atoms with Gasteiger partial charge in [-0.2, -0.15) is 0 Å². The number of ether oxygens (including phenoxy) is 1. The minimum atomic E-state index is -0.0443. The number of nitrogens with zero attached hydrogens (tertiary/aromatic N) is 2. The van der Waals surface area contributed by atoms with Crippen LogP contribution in [0, 0.1) is 0 Å². The minimum absolute atomic E-state index is 0.0253. The number of hydrogen-bond acceptors (Lipinski definition) is 5. The van der Waals surface area contributed by atoms with Gasteiger partial charge in [-0.3, -0.25) is 9.59 Å². The fourth-order valence-electron chi connectivity index (χ4n) is 2.62. The zero-order valence-electron chi connectivity index (χ0n) is 14.0. The largest absolute Gasteiger partial charge is 0.484 e. The molecule has 2 heterocycles. The van der Waals surface area contributed by atoms with Crippen molar-refractivity contribution in [3.05, 3.63) is 46.7 Å². The highest BCUT2D eigenvalue weighted by atomic mass is 32.2. The van der Waals surface area contributed by atoms with Crippen LogP contribution in [0.25, 0.3) is 0 Å². The molecule has 7 heteroatoms. The first-order chi connectivity index (χ1) is 12.2. The lowest BCUT2D eigenvalue weighted by Gasteiger charge is -2.34. The standard InChI is InChI=1S/C18H20N2O3S2/c1-24-15-6-4-14(5-7-15)23-13-17(21)19-8-10-20(11-9-19)18(22)16-3-2-12-25-16/h2-7,12H,8-11,13H2,1H3. The predicted octanol–water partition coefficient (Wildman–Crippen LogP) is 2.83. The molecule has 5 nitrogen and oxygen atoms in total. The van der Waals surface area contributed by atoms with E-state index in [1.807, 2.05) is 48.0 Å². The number of thioether (sulfide) groups is 1. The van der Waals surface area contributed by atoms with Crippen molar-refractivity contribution in [1.29, 1.82) is 0 Å². The van der Waals surface area contributed by atoms with Gasteiger partial charge in [-0.05, 0) is 42.0 Å². The number of hydrogen-bond donors (Lipinski definition) is 0. The van der Waals surface area contributed by atoms with Crippen LogP contribution in [0.3, 0.4) is 0 Å². The van der Waals surface area contributed by atoms with Gasteiger partial charge in [0.15, 0.2) is 6.61 Å². The number of carbonyl (C=O) groups excluding carboxylic acids is 2. The van der Waals surface area contributed by atoms with Crippen LogP contribution in [0.15, 0.2) is 46.7 Å². The van der Waals surface area contributed by atoms with Gasteiger partial charge in [0.25, 0.3) is 11.8 Å². The van der Waals surface area contributed by atoms with E-state index in [0.717, 1.165) is 9.77 Å². The van der Waals surface area contributed by atoms with Crippen LogP contribution in [-0.2, 0) is 4.79 Å². The monoisotopic (exact) mass is 376 g/mol. The van der Waals surface area contributed by atoms with Gasteiger partial charge in [0.05, 0.1) is 4.88 Å². The zero-order chi connectivity index (χ0) is 17.6. The third-order valence-corrected chi connectivity index (χ3v) is 5.67. The molecule has 0 radical (unpaired) electrons. The molecular formula is C18H20N2O3S2. The molecule has 0 N–H and O–H groups in total. The van der Waals surface area contributed by atoms with Gasteiger partial charge in [0.2, 0.25) is 0 Å². The third kappa shape index (κ3) is 4.55. The summed E-state index contributed by atoms with van der Waals surface area (Å²) in [6, 6.07) is 11.4. The summed E-state index contributed by atoms with van der Waals surface area (Å²) in [5, 5.41) is 1.90. The summed E-state index contributed by atoms with van der Waals surface area (Å²) in [5.41, 5.74) is 0. The van der Waals surface area contributed by atoms with Crippen molar-refractivity contribution in [2.75, 3.05) is 39.0 Å². The van der Waals surface area contributed by atoms with Gasteiger partial charge in [0, 0.05) is 31.1 Å². The molecule has 1 aromatic carbocycles. The average molecular weight is 377 g/mol. The molecule has 1 fully saturated rings. The molecule has 0 spiro atoms. The highest BCUT2D eigenvalue weighted by Gasteiger charge is 2.25. The molecule has 3 rings (SSSR count). The van der Waals surface area contributed by atoms with E-state index in [0.29, 0.717) is 31.9 Å². The van der Waals surface area contributed by atoms with E-state index in [2.05, 4.69) is 0 Å². The van der Waals surface area contributed by atoms with Crippen LogP contribution in [-0.4, -0.2) is 60.7 Å². The molecule has 0 aliphatic carbocycles. The predicted molar refractivity (Wildman–Crippen MR) is 101 cm³/mol. The number of carbonyl (C=O) groups is 2. The van der Waals surface area contributed by atoms with E-state index in [4.69, 9.17) is 4.74 Å². The Morgan fingerprint density at radius 1 is 1.08 bits per heavy atom. The zero-order valence-corrected chi connectivity index (χ0v) is 15.6. The van der Waals surface area contributed by atoms with Crippen molar-refractivity contribution in [3.63, 3.8) is 0 Å². The van der Waals surface area contributed by atoms with Crippen molar-refractivity contribution in [1.82, 2.24) is 9.80 Å². The second-order valence-corrected chi connectivity index (χ2v) is 7.44. The smallest absolute Gasteiger partial charge is 0.264 e. The van der Waals surface area contributed by atoms with Gasteiger partial charge < -0.3 is 14.5 Å². The van der Waals surface area contributed by atoms with E-state index >= 15 is 0 Å². The van der Waals surface area contributed by atoms with E-state index in [1.54, 1.807) is 21.6 Å². The third-order valence-electron chi connectivity index (χ3n) is 4.07. The van der Waals surface area contributed by atoms with E-state index in [1.165, 1.54) is 11.3 Å². The normalized spacial score (nSPS) is 14.4. The van der Waals surface area contributed by atoms with Crippen molar-refractivity contribution in [2.45, 2.75) is 4.90 Å². The summed E-state index contributed by atoms with van der Waals surface area (Å²) < 4.78 is 5.57. The summed E-state index contributed by atoms with van der Waals surface area (Å²) >= 11 is 3.11. The van der Waals surface area contributed by atoms with Crippen LogP contribution in [0.2, 0.25) is 0 Å². The lowest BCUT2D eigenvalue weighted by atomic mass is 10.3. The number of amides is 2. The Kier molecular flexibility index (Phi) is 5.99. The fraction of sp³-hybridized carbons (Fsp3) is 0.333. The maximum Gasteiger partial charge on any atom is 0.264 e. The summed E-state index contributed by atoms with van der Waals surface area (Å²) in [7, 11) is 0. The van der Waals surface area contributed by atoms with Crippen LogP contribution in [0.4, 0.5) is 0 Å². The molecule has 1 aliphatic rings. The first-order valence-corrected chi connectivity index (χ1v) is 10.2. The summed E-state index contributed by atoms with van der Waals surface area (Å²) in [6.07, 6.45) is 2.02. The maximum atomic E-state index is 12.3. The lowest BCUT2D eigenvalue weighted by molar-refractivity contribution is -0.134. The van der Waals surface area contributed by atoms with Gasteiger partial charge in [-0.1, -0.05) is 6.07 Å². The Labute approximate surface area is 155 Å². The maximum absolute atomic E-state index is 12.3. The lowest BCUT2D eigenvalue weighted by Crippen LogP contribution is -2.51. The van der Waals surface area contributed by atoms with Crippen molar-refractivity contribution in [2.24, 2.45) is 0 Å². The van der Waals surface area contributed by atoms with E-state index < -0.39 is 0 Å². The molecule has 1 aliphatic heterocycles. The van der Waals surface area contributed by atoms with Crippen LogP contribution >= 0.6 is 23.1 Å². The average Bonchev–Trinajstić information content (AvgIpc) is 3.21. The minimum Gasteiger partial charge on any atom is -0.484 e. The van der Waals surface area contributed by atoms with Crippen LogP contribution in [0.1, 0.15) is 9.67 Å². The number of piperazine rings is 1. The molecule has 1 aromatic heterocycles. The summed E-state index contributed by atoms with van der Waals surface area (Å²) in [6.45, 7) is 2.24. The SMILES string of the molecule is CSc1ccc(OCC(=O)N2CCN(C(=O)c3cccs3)CC2)cc1. The molecule has 0 bridgehead atoms. The van der Waals surface area contributed by atoms with Crippen molar-refractivity contribution >= 4 is 34.9 Å². The van der Waals surface area contributed by atoms with Crippen molar-refractivity contribution in [3.8, 4) is 5.75 Å². The number of benzene rings is 1. The Hall–Kier alpha value is -1.99. The quantitative estimate of drug-likeness (QED) is 0.753. The van der Waals surface area contributed by atoms with Crippen LogP contribution < -0.4 is 4.74 Å². The second kappa shape index (κ2) is 8.40.